The number of esters is 1. The summed E-state index contributed by atoms with van der Waals surface area (Å²) in [6.45, 7) is 8.73. The number of hydrogen-bond acceptors (Lipinski definition) is 10. The minimum atomic E-state index is -1.18. The smallest absolute Gasteiger partial charge is 0.325 e. The van der Waals surface area contributed by atoms with E-state index in [2.05, 4.69) is 16.1 Å². The molecule has 2 aliphatic heterocycles. The number of cyclic esters (lactones) is 1. The number of likely N-dealkylation sites (N-methyl/N-ethyl adjacent to an activating group) is 1. The fourth-order valence-electron chi connectivity index (χ4n) is 6.57. The van der Waals surface area contributed by atoms with E-state index in [4.69, 9.17) is 4.74 Å². The number of rotatable bonds is 9. The number of benzene rings is 1. The number of nitrogens with one attached hydrogen (secondary N) is 3. The molecule has 14 heteroatoms. The van der Waals surface area contributed by atoms with Crippen LogP contribution in [0.5, 0.6) is 5.75 Å². The van der Waals surface area contributed by atoms with Gasteiger partial charge in [-0.25, -0.2) is 5.43 Å². The lowest BCUT2D eigenvalue weighted by Crippen LogP contribution is -2.62. The number of carbonyl (C=O) groups is 6. The summed E-state index contributed by atoms with van der Waals surface area (Å²) < 4.78 is 6.03. The fraction of sp³-hybridized carbons (Fsp3) is 0.535. The second kappa shape index (κ2) is 22.6. The Bertz CT molecular complexity index is 1700. The van der Waals surface area contributed by atoms with Crippen LogP contribution in [0, 0.1) is 17.8 Å². The van der Waals surface area contributed by atoms with Crippen LogP contribution >= 0.6 is 0 Å². The van der Waals surface area contributed by atoms with Gasteiger partial charge in [0.25, 0.3) is 5.91 Å². The highest BCUT2D eigenvalue weighted by Gasteiger charge is 2.37. The van der Waals surface area contributed by atoms with Crippen molar-refractivity contribution in [1.29, 1.82) is 0 Å². The molecule has 2 aliphatic rings. The van der Waals surface area contributed by atoms with Crippen LogP contribution in [0.1, 0.15) is 78.7 Å². The summed E-state index contributed by atoms with van der Waals surface area (Å²) in [6.07, 6.45) is 11.8. The van der Waals surface area contributed by atoms with Gasteiger partial charge in [-0.15, -0.1) is 0 Å². The first-order valence-electron chi connectivity index (χ1n) is 19.7. The van der Waals surface area contributed by atoms with Crippen molar-refractivity contribution >= 4 is 35.4 Å². The number of amides is 4. The van der Waals surface area contributed by atoms with Gasteiger partial charge in [0.2, 0.25) is 17.7 Å². The molecule has 1 aromatic carbocycles. The van der Waals surface area contributed by atoms with Crippen LogP contribution in [-0.2, 0) is 39.9 Å². The Morgan fingerprint density at radius 2 is 1.74 bits per heavy atom. The lowest BCUT2D eigenvalue weighted by molar-refractivity contribution is -0.156. The number of aliphatic hydroxyl groups excluding tert-OH is 1. The largest absolute Gasteiger partial charge is 0.508 e. The molecule has 1 fully saturated rings. The third kappa shape index (κ3) is 14.7. The van der Waals surface area contributed by atoms with Gasteiger partial charge in [0.15, 0.2) is 0 Å². The van der Waals surface area contributed by atoms with Gasteiger partial charge in [0.1, 0.15) is 35.8 Å². The number of hydrazine groups is 1. The summed E-state index contributed by atoms with van der Waals surface area (Å²) in [7, 11) is 3.28. The standard InChI is InChI=1S/C43H61N5O9/c1-27(2)38-41(54)44-35(26-31-17-13-18-32(50)25-31)42(55)48-24-14-19-34(46-48)43(56)57-36(28(3)16-12-21-37(51)47(6)7)20-11-9-8-10-15-29(4)39(52)33(40(53)45-38)23-22-30(5)49/h8-13,16-18,21,25,27,29,33-36,38-39,46,50,52H,14-15,19-20,22-24,26H2,1-7H3,(H,44,54)(H,45,53)/b10-8+,11-9+,21-12+,28-16+/t29-,33+,34?,35?,36-,38-,39+/m0/s1. The molecular formula is C43H61N5O9. The molecule has 0 radical (unpaired) electrons. The Balaban J connectivity index is 2.05. The molecule has 0 spiro atoms. The van der Waals surface area contributed by atoms with Gasteiger partial charge >= 0.3 is 5.97 Å². The number of ketones is 1. The highest BCUT2D eigenvalue weighted by Crippen LogP contribution is 2.24. The van der Waals surface area contributed by atoms with E-state index < -0.39 is 71.8 Å². The second-order valence-corrected chi connectivity index (χ2v) is 15.6. The fourth-order valence-corrected chi connectivity index (χ4v) is 6.57. The van der Waals surface area contributed by atoms with Crippen LogP contribution in [0.3, 0.4) is 0 Å². The molecule has 0 saturated carbocycles. The number of phenolic OH excluding ortho intramolecular Hbond substituents is 1. The van der Waals surface area contributed by atoms with Crippen molar-refractivity contribution in [3.63, 3.8) is 0 Å². The number of phenols is 1. The maximum absolute atomic E-state index is 14.3. The summed E-state index contributed by atoms with van der Waals surface area (Å²) in [6, 6.07) is 3.13. The SMILES string of the molecule is CC(=O)CC[C@H]1C(=O)N[C@@H](C(C)C)C(=O)NC(Cc2cccc(O)c2)C(=O)N2CCCC(N2)C(=O)O[C@H](/C(C)=C/C=C/C(=O)N(C)C)C/C=C/C=C/C[C@H](C)[C@H]1O. The Morgan fingerprint density at radius 3 is 2.39 bits per heavy atom. The van der Waals surface area contributed by atoms with Gasteiger partial charge in [-0.1, -0.05) is 69.4 Å². The highest BCUT2D eigenvalue weighted by molar-refractivity contribution is 5.93. The Kier molecular flexibility index (Phi) is 18.4. The zero-order chi connectivity index (χ0) is 42.2. The van der Waals surface area contributed by atoms with E-state index >= 15 is 0 Å². The van der Waals surface area contributed by atoms with Crippen LogP contribution in [0.25, 0.3) is 0 Å². The lowest BCUT2D eigenvalue weighted by Gasteiger charge is -2.36. The van der Waals surface area contributed by atoms with Crippen LogP contribution in [0.15, 0.2) is 72.4 Å². The predicted molar refractivity (Wildman–Crippen MR) is 216 cm³/mol. The van der Waals surface area contributed by atoms with Gasteiger partial charge < -0.3 is 35.3 Å². The number of hydrogen-bond donors (Lipinski definition) is 5. The monoisotopic (exact) mass is 791 g/mol. The molecule has 4 amide bonds. The van der Waals surface area contributed by atoms with Crippen molar-refractivity contribution in [3.8, 4) is 5.75 Å². The molecule has 1 aromatic rings. The number of carbonyl (C=O) groups excluding carboxylic acids is 6. The number of fused-ring (bicyclic) bond motifs is 2. The van der Waals surface area contributed by atoms with E-state index in [0.717, 1.165) is 0 Å². The molecule has 2 unspecified atom stereocenters. The van der Waals surface area contributed by atoms with Crippen molar-refractivity contribution < 1.29 is 43.7 Å². The topological polar surface area (TPSA) is 195 Å². The summed E-state index contributed by atoms with van der Waals surface area (Å²) in [5.41, 5.74) is 4.25. The maximum atomic E-state index is 14.3. The molecule has 5 N–H and O–H groups in total. The minimum absolute atomic E-state index is 0.0156. The van der Waals surface area contributed by atoms with Crippen LogP contribution < -0.4 is 16.1 Å². The van der Waals surface area contributed by atoms with Crippen molar-refractivity contribution in [2.45, 2.75) is 110 Å². The molecule has 3 rings (SSSR count). The van der Waals surface area contributed by atoms with Crippen molar-refractivity contribution in [2.75, 3.05) is 20.6 Å². The number of ether oxygens (including phenoxy) is 1. The lowest BCUT2D eigenvalue weighted by atomic mass is 9.85. The molecule has 312 valence electrons. The average Bonchev–Trinajstić information content (AvgIpc) is 3.16. The number of allylic oxidation sites excluding steroid dienone is 5. The third-order valence-corrected chi connectivity index (χ3v) is 10.1. The molecule has 2 bridgehead atoms. The van der Waals surface area contributed by atoms with Gasteiger partial charge in [-0.2, -0.15) is 0 Å². The molecule has 7 atom stereocenters. The van der Waals surface area contributed by atoms with Crippen LogP contribution in [0.4, 0.5) is 0 Å². The molecule has 0 aliphatic carbocycles. The molecule has 2 heterocycles. The van der Waals surface area contributed by atoms with E-state index in [9.17, 15) is 39.0 Å². The summed E-state index contributed by atoms with van der Waals surface area (Å²) in [5, 5.41) is 28.5. The summed E-state index contributed by atoms with van der Waals surface area (Å²) in [5.74, 6) is -4.54. The number of aromatic hydroxyl groups is 1. The zero-order valence-electron chi connectivity index (χ0n) is 34.3. The third-order valence-electron chi connectivity index (χ3n) is 10.1. The number of nitrogens with zero attached hydrogens (tertiary/aromatic N) is 2. The quantitative estimate of drug-likeness (QED) is 0.141. The van der Waals surface area contributed by atoms with Gasteiger partial charge in [-0.05, 0) is 74.6 Å². The van der Waals surface area contributed by atoms with Crippen LogP contribution in [0.2, 0.25) is 0 Å². The first kappa shape index (κ1) is 46.3. The van der Waals surface area contributed by atoms with Crippen LogP contribution in [-0.4, -0.2) is 106 Å². The summed E-state index contributed by atoms with van der Waals surface area (Å²) in [4.78, 5) is 81.4. The maximum Gasteiger partial charge on any atom is 0.325 e. The first-order chi connectivity index (χ1) is 27.0. The normalized spacial score (nSPS) is 27.4. The van der Waals surface area contributed by atoms with Gasteiger partial charge in [0.05, 0.1) is 12.0 Å². The van der Waals surface area contributed by atoms with Crippen molar-refractivity contribution in [3.05, 3.63) is 77.9 Å². The number of Topliss-reactive ketones (excluding diaryl/α,β-unsaturated/α-hetero) is 1. The predicted octanol–water partition coefficient (Wildman–Crippen LogP) is 3.45. The van der Waals surface area contributed by atoms with E-state index in [0.29, 0.717) is 36.8 Å². The first-order valence-corrected chi connectivity index (χ1v) is 19.7. The average molecular weight is 792 g/mol. The van der Waals surface area contributed by atoms with Crippen molar-refractivity contribution in [2.24, 2.45) is 17.8 Å². The Morgan fingerprint density at radius 1 is 1.04 bits per heavy atom. The molecule has 57 heavy (non-hydrogen) atoms. The molecule has 0 aromatic heterocycles. The van der Waals surface area contributed by atoms with E-state index in [1.807, 2.05) is 12.2 Å². The van der Waals surface area contributed by atoms with E-state index in [1.165, 1.54) is 35.0 Å². The van der Waals surface area contributed by atoms with E-state index in [-0.39, 0.29) is 43.2 Å². The van der Waals surface area contributed by atoms with Crippen molar-refractivity contribution in [1.82, 2.24) is 26.0 Å². The minimum Gasteiger partial charge on any atom is -0.508 e. The molecule has 1 saturated heterocycles. The van der Waals surface area contributed by atoms with Gasteiger partial charge in [-0.3, -0.25) is 29.0 Å². The number of aliphatic hydroxyl groups is 1. The Labute approximate surface area is 336 Å². The highest BCUT2D eigenvalue weighted by atomic mass is 16.5. The summed E-state index contributed by atoms with van der Waals surface area (Å²) >= 11 is 0. The Hall–Kier alpha value is -5.08. The second-order valence-electron chi connectivity index (χ2n) is 15.6. The molecule has 14 nitrogen and oxygen atoms in total. The van der Waals surface area contributed by atoms with Gasteiger partial charge in [0, 0.05) is 46.0 Å². The molecular weight excluding hydrogens is 730 g/mol. The van der Waals surface area contributed by atoms with E-state index in [1.54, 1.807) is 78.2 Å². The zero-order valence-corrected chi connectivity index (χ0v) is 34.3.